The lowest BCUT2D eigenvalue weighted by Crippen LogP contribution is -2.37. The molecule has 1 unspecified atom stereocenters. The minimum absolute atomic E-state index is 0.0163. The molecule has 1 aliphatic carbocycles. The van der Waals surface area contributed by atoms with Crippen LogP contribution in [-0.2, 0) is 4.79 Å². The topological polar surface area (TPSA) is 46.3 Å². The first kappa shape index (κ1) is 12.9. The smallest absolute Gasteiger partial charge is 0.224 e. The molecule has 2 rings (SSSR count). The van der Waals surface area contributed by atoms with Gasteiger partial charge in [0, 0.05) is 25.6 Å². The SMILES string of the molecule is CC(C)C(N)CC(=O)N1CCC2(CCCC2)C1. The standard InChI is InChI=1S/C14H26N2O/c1-11(2)12(15)9-13(17)16-8-7-14(10-16)5-3-4-6-14/h11-12H,3-10,15H2,1-2H3. The van der Waals surface area contributed by atoms with Crippen LogP contribution in [0.15, 0.2) is 0 Å². The zero-order chi connectivity index (χ0) is 12.5. The Morgan fingerprint density at radius 1 is 1.29 bits per heavy atom. The Morgan fingerprint density at radius 3 is 2.53 bits per heavy atom. The first-order chi connectivity index (χ1) is 8.02. The predicted octanol–water partition coefficient (Wildman–Crippen LogP) is 2.15. The molecule has 0 aromatic carbocycles. The molecule has 0 aromatic rings. The van der Waals surface area contributed by atoms with E-state index >= 15 is 0 Å². The van der Waals surface area contributed by atoms with E-state index < -0.39 is 0 Å². The summed E-state index contributed by atoms with van der Waals surface area (Å²) in [6, 6.07) is 0.0163. The zero-order valence-electron chi connectivity index (χ0n) is 11.2. The number of carbonyl (C=O) groups excluding carboxylic acids is 1. The fraction of sp³-hybridized carbons (Fsp3) is 0.929. The number of amides is 1. The van der Waals surface area contributed by atoms with Gasteiger partial charge in [-0.2, -0.15) is 0 Å². The van der Waals surface area contributed by atoms with E-state index in [2.05, 4.69) is 18.7 Å². The summed E-state index contributed by atoms with van der Waals surface area (Å²) < 4.78 is 0. The minimum atomic E-state index is 0.0163. The van der Waals surface area contributed by atoms with Crippen molar-refractivity contribution in [2.24, 2.45) is 17.1 Å². The van der Waals surface area contributed by atoms with Crippen LogP contribution in [0.1, 0.15) is 52.4 Å². The highest BCUT2D eigenvalue weighted by atomic mass is 16.2. The lowest BCUT2D eigenvalue weighted by molar-refractivity contribution is -0.131. The van der Waals surface area contributed by atoms with Crippen LogP contribution in [0.5, 0.6) is 0 Å². The second kappa shape index (κ2) is 4.97. The third kappa shape index (κ3) is 2.82. The van der Waals surface area contributed by atoms with Gasteiger partial charge >= 0.3 is 0 Å². The second-order valence-electron chi connectivity index (χ2n) is 6.38. The van der Waals surface area contributed by atoms with Gasteiger partial charge in [-0.3, -0.25) is 4.79 Å². The third-order valence-electron chi connectivity index (χ3n) is 4.72. The summed E-state index contributed by atoms with van der Waals surface area (Å²) in [4.78, 5) is 14.2. The lowest BCUT2D eigenvalue weighted by Gasteiger charge is -2.25. The van der Waals surface area contributed by atoms with Crippen molar-refractivity contribution in [2.75, 3.05) is 13.1 Å². The molecule has 0 radical (unpaired) electrons. The van der Waals surface area contributed by atoms with Crippen molar-refractivity contribution in [1.82, 2.24) is 4.90 Å². The van der Waals surface area contributed by atoms with E-state index in [1.807, 2.05) is 0 Å². The fourth-order valence-corrected chi connectivity index (χ4v) is 3.25. The fourth-order valence-electron chi connectivity index (χ4n) is 3.25. The number of likely N-dealkylation sites (tertiary alicyclic amines) is 1. The number of carbonyl (C=O) groups is 1. The maximum absolute atomic E-state index is 12.1. The number of nitrogens with two attached hydrogens (primary N) is 1. The number of hydrogen-bond donors (Lipinski definition) is 1. The molecule has 17 heavy (non-hydrogen) atoms. The molecule has 0 aromatic heterocycles. The van der Waals surface area contributed by atoms with Gasteiger partial charge in [-0.1, -0.05) is 26.7 Å². The maximum atomic E-state index is 12.1. The molecule has 3 nitrogen and oxygen atoms in total. The average molecular weight is 238 g/mol. The molecular weight excluding hydrogens is 212 g/mol. The second-order valence-corrected chi connectivity index (χ2v) is 6.38. The van der Waals surface area contributed by atoms with Gasteiger partial charge in [-0.15, -0.1) is 0 Å². The van der Waals surface area contributed by atoms with Gasteiger partial charge in [0.05, 0.1) is 0 Å². The average Bonchev–Trinajstić information content (AvgIpc) is 2.89. The van der Waals surface area contributed by atoms with Crippen molar-refractivity contribution in [3.63, 3.8) is 0 Å². The molecule has 1 heterocycles. The lowest BCUT2D eigenvalue weighted by atomic mass is 9.86. The van der Waals surface area contributed by atoms with Crippen molar-refractivity contribution >= 4 is 5.91 Å². The van der Waals surface area contributed by atoms with Crippen LogP contribution in [0.25, 0.3) is 0 Å². The van der Waals surface area contributed by atoms with Gasteiger partial charge in [0.25, 0.3) is 0 Å². The number of nitrogens with zero attached hydrogens (tertiary/aromatic N) is 1. The van der Waals surface area contributed by atoms with Gasteiger partial charge in [0.2, 0.25) is 5.91 Å². The van der Waals surface area contributed by atoms with Gasteiger partial charge in [-0.25, -0.2) is 0 Å². The molecule has 2 aliphatic rings. The molecule has 1 atom stereocenters. The molecule has 1 amide bonds. The van der Waals surface area contributed by atoms with Crippen LogP contribution >= 0.6 is 0 Å². The Morgan fingerprint density at radius 2 is 1.94 bits per heavy atom. The van der Waals surface area contributed by atoms with E-state index in [1.54, 1.807) is 0 Å². The van der Waals surface area contributed by atoms with Crippen LogP contribution in [0.3, 0.4) is 0 Å². The Kier molecular flexibility index (Phi) is 3.76. The highest BCUT2D eigenvalue weighted by molar-refractivity contribution is 5.77. The van der Waals surface area contributed by atoms with Gasteiger partial charge in [-0.05, 0) is 30.6 Å². The molecule has 0 bridgehead atoms. The third-order valence-corrected chi connectivity index (χ3v) is 4.72. The summed E-state index contributed by atoms with van der Waals surface area (Å²) in [6.45, 7) is 6.13. The first-order valence-electron chi connectivity index (χ1n) is 7.06. The van der Waals surface area contributed by atoms with E-state index in [0.717, 1.165) is 13.1 Å². The summed E-state index contributed by atoms with van der Waals surface area (Å²) >= 11 is 0. The molecule has 1 spiro atoms. The molecule has 1 saturated carbocycles. The van der Waals surface area contributed by atoms with Crippen molar-refractivity contribution in [3.05, 3.63) is 0 Å². The summed E-state index contributed by atoms with van der Waals surface area (Å²) in [5, 5.41) is 0. The van der Waals surface area contributed by atoms with Gasteiger partial charge < -0.3 is 10.6 Å². The largest absolute Gasteiger partial charge is 0.342 e. The van der Waals surface area contributed by atoms with E-state index in [1.165, 1.54) is 32.1 Å². The summed E-state index contributed by atoms with van der Waals surface area (Å²) in [6.07, 6.45) is 7.10. The normalized spacial score (nSPS) is 24.8. The summed E-state index contributed by atoms with van der Waals surface area (Å²) in [7, 11) is 0. The van der Waals surface area contributed by atoms with E-state index in [9.17, 15) is 4.79 Å². The zero-order valence-corrected chi connectivity index (χ0v) is 11.2. The monoisotopic (exact) mass is 238 g/mol. The van der Waals surface area contributed by atoms with Crippen LogP contribution in [0, 0.1) is 11.3 Å². The van der Waals surface area contributed by atoms with Crippen LogP contribution in [0.4, 0.5) is 0 Å². The van der Waals surface area contributed by atoms with Crippen LogP contribution in [-0.4, -0.2) is 29.9 Å². The van der Waals surface area contributed by atoms with E-state index in [-0.39, 0.29) is 11.9 Å². The van der Waals surface area contributed by atoms with Crippen molar-refractivity contribution in [2.45, 2.75) is 58.4 Å². The van der Waals surface area contributed by atoms with E-state index in [0.29, 0.717) is 17.8 Å². The van der Waals surface area contributed by atoms with E-state index in [4.69, 9.17) is 5.73 Å². The quantitative estimate of drug-likeness (QED) is 0.819. The molecule has 98 valence electrons. The molecular formula is C14H26N2O. The Labute approximate surface area is 105 Å². The minimum Gasteiger partial charge on any atom is -0.342 e. The molecule has 1 aliphatic heterocycles. The maximum Gasteiger partial charge on any atom is 0.224 e. The Bertz CT molecular complexity index is 282. The molecule has 2 fully saturated rings. The highest BCUT2D eigenvalue weighted by Gasteiger charge is 2.41. The van der Waals surface area contributed by atoms with Crippen LogP contribution < -0.4 is 5.73 Å². The summed E-state index contributed by atoms with van der Waals surface area (Å²) in [5.41, 5.74) is 6.47. The Hall–Kier alpha value is -0.570. The highest BCUT2D eigenvalue weighted by Crippen LogP contribution is 2.45. The predicted molar refractivity (Wildman–Crippen MR) is 69.5 cm³/mol. The van der Waals surface area contributed by atoms with Gasteiger partial charge in [0.1, 0.15) is 0 Å². The first-order valence-corrected chi connectivity index (χ1v) is 7.06. The number of hydrogen-bond acceptors (Lipinski definition) is 2. The van der Waals surface area contributed by atoms with Crippen molar-refractivity contribution in [1.29, 1.82) is 0 Å². The van der Waals surface area contributed by atoms with Crippen LogP contribution in [0.2, 0.25) is 0 Å². The number of rotatable bonds is 3. The van der Waals surface area contributed by atoms with Crippen molar-refractivity contribution in [3.8, 4) is 0 Å². The molecule has 2 N–H and O–H groups in total. The van der Waals surface area contributed by atoms with Crippen molar-refractivity contribution < 1.29 is 4.79 Å². The van der Waals surface area contributed by atoms with Gasteiger partial charge in [0.15, 0.2) is 0 Å². The molecule has 3 heteroatoms. The Balaban J connectivity index is 1.85. The summed E-state index contributed by atoms with van der Waals surface area (Å²) in [5.74, 6) is 0.664. The molecule has 1 saturated heterocycles.